The molecule has 2 rings (SSSR count). The van der Waals surface area contributed by atoms with Crippen LogP contribution in [0.4, 0.5) is 4.79 Å². The highest BCUT2D eigenvalue weighted by atomic mass is 16.5. The molecule has 1 aliphatic heterocycles. The number of rotatable bonds is 0. The summed E-state index contributed by atoms with van der Waals surface area (Å²) in [6.45, 7) is 1.51. The lowest BCUT2D eigenvalue weighted by Crippen LogP contribution is -2.29. The molecule has 0 saturated carbocycles. The number of methoxy groups -OCH3 is 1. The Morgan fingerprint density at radius 1 is 1.31 bits per heavy atom. The van der Waals surface area contributed by atoms with Crippen molar-refractivity contribution < 1.29 is 9.53 Å². The van der Waals surface area contributed by atoms with Crippen LogP contribution in [-0.2, 0) is 4.74 Å². The average molecular weight is 179 g/mol. The molecule has 1 amide bonds. The Balaban J connectivity index is 2.02. The molecular formula is C10H13NO2. The van der Waals surface area contributed by atoms with E-state index >= 15 is 0 Å². The molecule has 1 heterocycles. The molecule has 70 valence electrons. The number of carbonyl (C=O) groups excluding carboxylic acids is 1. The number of amides is 1. The van der Waals surface area contributed by atoms with Gasteiger partial charge in [0.15, 0.2) is 0 Å². The van der Waals surface area contributed by atoms with Crippen LogP contribution in [0, 0.1) is 0 Å². The van der Waals surface area contributed by atoms with Gasteiger partial charge in [-0.25, -0.2) is 4.79 Å². The van der Waals surface area contributed by atoms with E-state index in [2.05, 4.69) is 16.9 Å². The lowest BCUT2D eigenvalue weighted by molar-refractivity contribution is 0.133. The topological polar surface area (TPSA) is 29.5 Å². The maximum atomic E-state index is 11.2. The van der Waals surface area contributed by atoms with Gasteiger partial charge >= 0.3 is 6.09 Å². The number of allylic oxidation sites excluding steroid dienone is 2. The van der Waals surface area contributed by atoms with E-state index in [0.717, 1.165) is 25.9 Å². The Morgan fingerprint density at radius 2 is 1.85 bits per heavy atom. The molecule has 0 unspecified atom stereocenters. The minimum atomic E-state index is -0.214. The predicted octanol–water partition coefficient (Wildman–Crippen LogP) is 1.72. The zero-order valence-corrected chi connectivity index (χ0v) is 7.75. The van der Waals surface area contributed by atoms with Gasteiger partial charge in [-0.05, 0) is 24.0 Å². The van der Waals surface area contributed by atoms with Crippen LogP contribution in [-0.4, -0.2) is 31.2 Å². The average Bonchev–Trinajstić information content (AvgIpc) is 2.59. The highest BCUT2D eigenvalue weighted by molar-refractivity contribution is 5.69. The van der Waals surface area contributed by atoms with Gasteiger partial charge in [0.05, 0.1) is 7.11 Å². The normalized spacial score (nSPS) is 20.5. The van der Waals surface area contributed by atoms with Gasteiger partial charge in [0.1, 0.15) is 0 Å². The minimum absolute atomic E-state index is 0.214. The molecule has 3 nitrogen and oxygen atoms in total. The summed E-state index contributed by atoms with van der Waals surface area (Å²) in [5.74, 6) is 0. The van der Waals surface area contributed by atoms with Gasteiger partial charge in [0, 0.05) is 13.1 Å². The standard InChI is InChI=1S/C10H13NO2/c1-13-10(12)11-6-8-4-2-3-5-9(8)7-11/h2-3H,4-7H2,1H3. The third-order valence-electron chi connectivity index (χ3n) is 2.59. The van der Waals surface area contributed by atoms with Gasteiger partial charge < -0.3 is 9.64 Å². The summed E-state index contributed by atoms with van der Waals surface area (Å²) in [6.07, 6.45) is 6.12. The molecule has 0 aromatic heterocycles. The molecule has 0 fully saturated rings. The number of carbonyl (C=O) groups is 1. The quantitative estimate of drug-likeness (QED) is 0.530. The van der Waals surface area contributed by atoms with Gasteiger partial charge in [0.2, 0.25) is 0 Å². The summed E-state index contributed by atoms with van der Waals surface area (Å²) >= 11 is 0. The molecule has 2 aliphatic rings. The first-order valence-electron chi connectivity index (χ1n) is 4.49. The molecule has 0 aromatic carbocycles. The Morgan fingerprint density at radius 3 is 2.31 bits per heavy atom. The van der Waals surface area contributed by atoms with Crippen molar-refractivity contribution in [3.8, 4) is 0 Å². The molecule has 1 aliphatic carbocycles. The Bertz CT molecular complexity index is 271. The Hall–Kier alpha value is -1.25. The van der Waals surface area contributed by atoms with E-state index in [1.54, 1.807) is 4.90 Å². The van der Waals surface area contributed by atoms with E-state index in [1.165, 1.54) is 18.3 Å². The highest BCUT2D eigenvalue weighted by Crippen LogP contribution is 2.27. The fraction of sp³-hybridized carbons (Fsp3) is 0.500. The molecule has 3 heteroatoms. The van der Waals surface area contributed by atoms with Crippen LogP contribution in [0.3, 0.4) is 0 Å². The third-order valence-corrected chi connectivity index (χ3v) is 2.59. The molecule has 0 bridgehead atoms. The highest BCUT2D eigenvalue weighted by Gasteiger charge is 2.25. The second-order valence-electron chi connectivity index (χ2n) is 3.41. The van der Waals surface area contributed by atoms with E-state index < -0.39 is 0 Å². The van der Waals surface area contributed by atoms with Gasteiger partial charge in [0.25, 0.3) is 0 Å². The van der Waals surface area contributed by atoms with Gasteiger partial charge in [-0.2, -0.15) is 0 Å². The van der Waals surface area contributed by atoms with Crippen molar-refractivity contribution in [2.24, 2.45) is 0 Å². The number of hydrogen-bond donors (Lipinski definition) is 0. The maximum absolute atomic E-state index is 11.2. The summed E-state index contributed by atoms with van der Waals surface area (Å²) in [4.78, 5) is 13.0. The molecule has 0 saturated heterocycles. The van der Waals surface area contributed by atoms with Crippen LogP contribution in [0.25, 0.3) is 0 Å². The first-order valence-corrected chi connectivity index (χ1v) is 4.49. The van der Waals surface area contributed by atoms with E-state index in [0.29, 0.717) is 0 Å². The summed E-state index contributed by atoms with van der Waals surface area (Å²) in [6, 6.07) is 0. The minimum Gasteiger partial charge on any atom is -0.453 e. The molecule has 0 N–H and O–H groups in total. The van der Waals surface area contributed by atoms with E-state index in [9.17, 15) is 4.79 Å². The molecular weight excluding hydrogens is 166 g/mol. The summed E-state index contributed by atoms with van der Waals surface area (Å²) in [7, 11) is 1.43. The largest absolute Gasteiger partial charge is 0.453 e. The summed E-state index contributed by atoms with van der Waals surface area (Å²) < 4.78 is 4.68. The van der Waals surface area contributed by atoms with Crippen molar-refractivity contribution in [2.75, 3.05) is 20.2 Å². The zero-order valence-electron chi connectivity index (χ0n) is 7.75. The monoisotopic (exact) mass is 179 g/mol. The first-order chi connectivity index (χ1) is 6.31. The van der Waals surface area contributed by atoms with Crippen molar-refractivity contribution in [1.82, 2.24) is 4.90 Å². The first kappa shape index (κ1) is 8.35. The van der Waals surface area contributed by atoms with Crippen molar-refractivity contribution >= 4 is 6.09 Å². The fourth-order valence-electron chi connectivity index (χ4n) is 1.87. The van der Waals surface area contributed by atoms with Crippen LogP contribution in [0.5, 0.6) is 0 Å². The molecule has 0 atom stereocenters. The molecule has 0 spiro atoms. The van der Waals surface area contributed by atoms with Crippen molar-refractivity contribution in [3.05, 3.63) is 23.3 Å². The van der Waals surface area contributed by atoms with Gasteiger partial charge in [-0.3, -0.25) is 0 Å². The fourth-order valence-corrected chi connectivity index (χ4v) is 1.87. The number of nitrogens with zero attached hydrogens (tertiary/aromatic N) is 1. The van der Waals surface area contributed by atoms with Crippen LogP contribution >= 0.6 is 0 Å². The van der Waals surface area contributed by atoms with E-state index in [-0.39, 0.29) is 6.09 Å². The summed E-state index contributed by atoms with van der Waals surface area (Å²) in [5.41, 5.74) is 2.79. The Labute approximate surface area is 77.7 Å². The number of hydrogen-bond acceptors (Lipinski definition) is 2. The van der Waals surface area contributed by atoms with Crippen molar-refractivity contribution in [3.63, 3.8) is 0 Å². The molecule has 0 aromatic rings. The van der Waals surface area contributed by atoms with E-state index in [4.69, 9.17) is 0 Å². The van der Waals surface area contributed by atoms with Crippen LogP contribution in [0.1, 0.15) is 12.8 Å². The lowest BCUT2D eigenvalue weighted by Gasteiger charge is -2.13. The second-order valence-corrected chi connectivity index (χ2v) is 3.41. The second kappa shape index (κ2) is 3.24. The number of ether oxygens (including phenoxy) is 1. The van der Waals surface area contributed by atoms with Crippen LogP contribution < -0.4 is 0 Å². The molecule has 13 heavy (non-hydrogen) atoms. The SMILES string of the molecule is COC(=O)N1CC2=C(CC=CC2)C1. The smallest absolute Gasteiger partial charge is 0.410 e. The third kappa shape index (κ3) is 1.46. The lowest BCUT2D eigenvalue weighted by atomic mass is 10.0. The van der Waals surface area contributed by atoms with Crippen molar-refractivity contribution in [1.29, 1.82) is 0 Å². The van der Waals surface area contributed by atoms with Crippen LogP contribution in [0.15, 0.2) is 23.3 Å². The maximum Gasteiger partial charge on any atom is 0.410 e. The van der Waals surface area contributed by atoms with Gasteiger partial charge in [-0.15, -0.1) is 0 Å². The van der Waals surface area contributed by atoms with E-state index in [1.807, 2.05) is 0 Å². The Kier molecular flexibility index (Phi) is 2.08. The predicted molar refractivity (Wildman–Crippen MR) is 49.4 cm³/mol. The summed E-state index contributed by atoms with van der Waals surface area (Å²) in [5, 5.41) is 0. The van der Waals surface area contributed by atoms with Gasteiger partial charge in [-0.1, -0.05) is 12.2 Å². The van der Waals surface area contributed by atoms with Crippen LogP contribution in [0.2, 0.25) is 0 Å². The zero-order chi connectivity index (χ0) is 9.26. The molecule has 0 radical (unpaired) electrons. The van der Waals surface area contributed by atoms with Crippen molar-refractivity contribution in [2.45, 2.75) is 12.8 Å².